The topological polar surface area (TPSA) is 55.9 Å². The summed E-state index contributed by atoms with van der Waals surface area (Å²) < 4.78 is 2.41. The fourth-order valence-corrected chi connectivity index (χ4v) is 3.60. The van der Waals surface area contributed by atoms with E-state index in [1.807, 2.05) is 18.2 Å². The van der Waals surface area contributed by atoms with E-state index >= 15 is 0 Å². The van der Waals surface area contributed by atoms with Crippen LogP contribution in [-0.2, 0) is 6.54 Å². The standard InChI is InChI=1S/C22H21N3/c1-2-13-25-21-6-4-3-5-19(21)18-12-11-17(24)14-20(18)22(25)15-7-9-16(23)10-8-15/h3-12,14,23H,2,13,24H2,1H3/p+1. The Morgan fingerprint density at radius 2 is 1.48 bits per heavy atom. The van der Waals surface area contributed by atoms with Gasteiger partial charge in [-0.2, -0.15) is 4.57 Å². The average molecular weight is 328 g/mol. The molecule has 124 valence electrons. The Morgan fingerprint density at radius 1 is 0.760 bits per heavy atom. The van der Waals surface area contributed by atoms with E-state index in [0.29, 0.717) is 0 Å². The Bertz CT molecular complexity index is 1070. The van der Waals surface area contributed by atoms with Crippen LogP contribution in [0.5, 0.6) is 0 Å². The molecular weight excluding hydrogens is 306 g/mol. The highest BCUT2D eigenvalue weighted by Crippen LogP contribution is 2.32. The maximum Gasteiger partial charge on any atom is 0.220 e. The van der Waals surface area contributed by atoms with Gasteiger partial charge in [-0.25, -0.2) is 0 Å². The van der Waals surface area contributed by atoms with E-state index in [0.717, 1.165) is 29.9 Å². The smallest absolute Gasteiger partial charge is 0.220 e. The first-order valence-corrected chi connectivity index (χ1v) is 8.68. The van der Waals surface area contributed by atoms with Gasteiger partial charge in [0.2, 0.25) is 11.2 Å². The number of benzene rings is 3. The van der Waals surface area contributed by atoms with Crippen LogP contribution in [0.15, 0.2) is 66.7 Å². The van der Waals surface area contributed by atoms with E-state index in [1.54, 1.807) is 0 Å². The normalized spacial score (nSPS) is 11.2. The predicted molar refractivity (Wildman–Crippen MR) is 106 cm³/mol. The molecule has 0 unspecified atom stereocenters. The van der Waals surface area contributed by atoms with E-state index in [1.165, 1.54) is 27.4 Å². The second-order valence-electron chi connectivity index (χ2n) is 6.44. The van der Waals surface area contributed by atoms with E-state index in [2.05, 4.69) is 60.0 Å². The lowest BCUT2D eigenvalue weighted by Gasteiger charge is -2.12. The number of pyridine rings is 1. The Labute approximate surface area is 147 Å². The van der Waals surface area contributed by atoms with Gasteiger partial charge in [-0.3, -0.25) is 0 Å². The van der Waals surface area contributed by atoms with Gasteiger partial charge in [0.05, 0.1) is 10.8 Å². The van der Waals surface area contributed by atoms with Crippen molar-refractivity contribution in [2.24, 2.45) is 0 Å². The SMILES string of the molecule is CCC[n+]1c(-c2ccc(N)cc2)c2cc(N)ccc2c2ccccc21. The highest BCUT2D eigenvalue weighted by molar-refractivity contribution is 6.09. The minimum Gasteiger partial charge on any atom is -0.399 e. The first kappa shape index (κ1) is 15.5. The summed E-state index contributed by atoms with van der Waals surface area (Å²) in [6, 6.07) is 22.9. The summed E-state index contributed by atoms with van der Waals surface area (Å²) in [5.74, 6) is 0. The Hall–Kier alpha value is -3.07. The van der Waals surface area contributed by atoms with Crippen LogP contribution in [0.4, 0.5) is 11.4 Å². The number of nitrogens with two attached hydrogens (primary N) is 2. The maximum atomic E-state index is 6.13. The molecule has 0 radical (unpaired) electrons. The van der Waals surface area contributed by atoms with Gasteiger partial charge in [-0.1, -0.05) is 25.1 Å². The monoisotopic (exact) mass is 328 g/mol. The van der Waals surface area contributed by atoms with Crippen LogP contribution in [0.25, 0.3) is 32.9 Å². The molecule has 25 heavy (non-hydrogen) atoms. The third kappa shape index (κ3) is 2.58. The van der Waals surface area contributed by atoms with Crippen molar-refractivity contribution in [3.63, 3.8) is 0 Å². The molecule has 0 aliphatic heterocycles. The lowest BCUT2D eigenvalue weighted by Crippen LogP contribution is -2.37. The molecule has 0 amide bonds. The van der Waals surface area contributed by atoms with Crippen molar-refractivity contribution in [3.05, 3.63) is 66.7 Å². The fourth-order valence-electron chi connectivity index (χ4n) is 3.60. The number of nitrogens with zero attached hydrogens (tertiary/aromatic N) is 1. The van der Waals surface area contributed by atoms with Crippen LogP contribution in [0.3, 0.4) is 0 Å². The third-order valence-electron chi connectivity index (χ3n) is 4.69. The quantitative estimate of drug-likeness (QED) is 0.330. The molecule has 4 N–H and O–H groups in total. The largest absolute Gasteiger partial charge is 0.399 e. The summed E-state index contributed by atoms with van der Waals surface area (Å²) in [5, 5.41) is 3.66. The van der Waals surface area contributed by atoms with Crippen LogP contribution < -0.4 is 16.0 Å². The first-order valence-electron chi connectivity index (χ1n) is 8.68. The minimum atomic E-state index is 0.774. The van der Waals surface area contributed by atoms with Crippen molar-refractivity contribution < 1.29 is 4.57 Å². The minimum absolute atomic E-state index is 0.774. The molecule has 1 aromatic heterocycles. The van der Waals surface area contributed by atoms with Crippen molar-refractivity contribution in [1.29, 1.82) is 0 Å². The number of hydrogen-bond acceptors (Lipinski definition) is 2. The van der Waals surface area contributed by atoms with Gasteiger partial charge in [0.1, 0.15) is 6.54 Å². The Balaban J connectivity index is 2.21. The van der Waals surface area contributed by atoms with E-state index in [-0.39, 0.29) is 0 Å². The zero-order chi connectivity index (χ0) is 17.4. The molecule has 0 fully saturated rings. The molecule has 0 saturated heterocycles. The van der Waals surface area contributed by atoms with Gasteiger partial charge in [0, 0.05) is 34.8 Å². The number of hydrogen-bond donors (Lipinski definition) is 2. The lowest BCUT2D eigenvalue weighted by molar-refractivity contribution is -0.659. The summed E-state index contributed by atoms with van der Waals surface area (Å²) in [5.41, 5.74) is 17.2. The molecule has 0 aliphatic rings. The van der Waals surface area contributed by atoms with Gasteiger partial charge in [-0.15, -0.1) is 0 Å². The third-order valence-corrected chi connectivity index (χ3v) is 4.69. The van der Waals surface area contributed by atoms with Gasteiger partial charge >= 0.3 is 0 Å². The van der Waals surface area contributed by atoms with Crippen molar-refractivity contribution in [1.82, 2.24) is 0 Å². The van der Waals surface area contributed by atoms with Crippen LogP contribution in [0.1, 0.15) is 13.3 Å². The summed E-state index contributed by atoms with van der Waals surface area (Å²) >= 11 is 0. The molecule has 4 rings (SSSR count). The Morgan fingerprint density at radius 3 is 2.24 bits per heavy atom. The average Bonchev–Trinajstić information content (AvgIpc) is 2.63. The van der Waals surface area contributed by atoms with Crippen LogP contribution in [-0.4, -0.2) is 0 Å². The van der Waals surface area contributed by atoms with Crippen LogP contribution in [0, 0.1) is 0 Å². The molecule has 0 bridgehead atoms. The second kappa shape index (κ2) is 6.10. The summed E-state index contributed by atoms with van der Waals surface area (Å²) in [4.78, 5) is 0. The summed E-state index contributed by atoms with van der Waals surface area (Å²) in [6.45, 7) is 3.16. The van der Waals surface area contributed by atoms with Crippen molar-refractivity contribution in [2.45, 2.75) is 19.9 Å². The molecule has 3 aromatic carbocycles. The number of rotatable bonds is 3. The predicted octanol–water partition coefficient (Wildman–Crippen LogP) is 4.52. The zero-order valence-corrected chi connectivity index (χ0v) is 14.4. The van der Waals surface area contributed by atoms with E-state index < -0.39 is 0 Å². The lowest BCUT2D eigenvalue weighted by atomic mass is 9.98. The highest BCUT2D eigenvalue weighted by atomic mass is 15.0. The molecule has 3 heteroatoms. The fraction of sp³-hybridized carbons (Fsp3) is 0.136. The van der Waals surface area contributed by atoms with Crippen molar-refractivity contribution in [3.8, 4) is 11.3 Å². The molecule has 3 nitrogen and oxygen atoms in total. The summed E-state index contributed by atoms with van der Waals surface area (Å²) in [6.07, 6.45) is 1.06. The number of para-hydroxylation sites is 1. The van der Waals surface area contributed by atoms with Gasteiger partial charge < -0.3 is 11.5 Å². The Kier molecular flexibility index (Phi) is 3.77. The maximum absolute atomic E-state index is 6.13. The van der Waals surface area contributed by atoms with Crippen LogP contribution in [0.2, 0.25) is 0 Å². The molecule has 0 aliphatic carbocycles. The van der Waals surface area contributed by atoms with Crippen molar-refractivity contribution >= 4 is 33.1 Å². The van der Waals surface area contributed by atoms with E-state index in [9.17, 15) is 0 Å². The van der Waals surface area contributed by atoms with Gasteiger partial charge in [0.25, 0.3) is 0 Å². The number of anilines is 2. The molecule has 4 aromatic rings. The number of fused-ring (bicyclic) bond motifs is 3. The van der Waals surface area contributed by atoms with Crippen molar-refractivity contribution in [2.75, 3.05) is 11.5 Å². The number of aromatic nitrogens is 1. The zero-order valence-electron chi connectivity index (χ0n) is 14.4. The first-order chi connectivity index (χ1) is 12.2. The van der Waals surface area contributed by atoms with E-state index in [4.69, 9.17) is 11.5 Å². The molecule has 0 saturated carbocycles. The van der Waals surface area contributed by atoms with Gasteiger partial charge in [0.15, 0.2) is 0 Å². The summed E-state index contributed by atoms with van der Waals surface area (Å²) in [7, 11) is 0. The molecule has 1 heterocycles. The van der Waals surface area contributed by atoms with Gasteiger partial charge in [-0.05, 0) is 42.5 Å². The highest BCUT2D eigenvalue weighted by Gasteiger charge is 2.22. The molecular formula is C22H22N3+. The molecule has 0 spiro atoms. The molecule has 0 atom stereocenters. The second-order valence-corrected chi connectivity index (χ2v) is 6.44. The van der Waals surface area contributed by atoms with Crippen LogP contribution >= 0.6 is 0 Å². The number of nitrogen functional groups attached to an aromatic ring is 2. The number of aryl methyl sites for hydroxylation is 1.